The van der Waals surface area contributed by atoms with Crippen LogP contribution in [-0.2, 0) is 6.42 Å². The van der Waals surface area contributed by atoms with E-state index in [1.807, 2.05) is 30.3 Å². The molecule has 4 nitrogen and oxygen atoms in total. The smallest absolute Gasteiger partial charge is 0.404 e. The van der Waals surface area contributed by atoms with E-state index in [-0.39, 0.29) is 0 Å². The van der Waals surface area contributed by atoms with Gasteiger partial charge in [0.2, 0.25) is 0 Å². The molecule has 0 fully saturated rings. The molecule has 3 N–H and O–H groups in total. The van der Waals surface area contributed by atoms with Gasteiger partial charge in [-0.15, -0.1) is 0 Å². The van der Waals surface area contributed by atoms with Gasteiger partial charge >= 0.3 is 6.09 Å². The Morgan fingerprint density at radius 2 is 2.00 bits per heavy atom. The number of amides is 1. The highest BCUT2D eigenvalue weighted by molar-refractivity contribution is 5.64. The van der Waals surface area contributed by atoms with Crippen LogP contribution in [0.25, 0.3) is 0 Å². The van der Waals surface area contributed by atoms with Gasteiger partial charge in [-0.2, -0.15) is 0 Å². The van der Waals surface area contributed by atoms with Gasteiger partial charge in [0, 0.05) is 6.42 Å². The van der Waals surface area contributed by atoms with Crippen LogP contribution in [0.5, 0.6) is 0 Å². The molecule has 0 aliphatic heterocycles. The Morgan fingerprint density at radius 1 is 1.40 bits per heavy atom. The summed E-state index contributed by atoms with van der Waals surface area (Å²) in [6.07, 6.45) is -1.37. The van der Waals surface area contributed by atoms with Crippen molar-refractivity contribution in [2.45, 2.75) is 25.5 Å². The Labute approximate surface area is 88.6 Å². The minimum absolute atomic E-state index is 0.447. The second-order valence-corrected chi connectivity index (χ2v) is 3.50. The van der Waals surface area contributed by atoms with Crippen LogP contribution in [0.1, 0.15) is 12.5 Å². The molecule has 2 atom stereocenters. The normalized spacial score (nSPS) is 14.3. The maximum absolute atomic E-state index is 10.3. The van der Waals surface area contributed by atoms with Crippen molar-refractivity contribution >= 4 is 6.09 Å². The van der Waals surface area contributed by atoms with Crippen LogP contribution in [0.4, 0.5) is 4.79 Å². The number of rotatable bonds is 4. The highest BCUT2D eigenvalue weighted by Crippen LogP contribution is 2.05. The Bertz CT molecular complexity index is 313. The minimum atomic E-state index is -1.12. The number of benzene rings is 1. The Kier molecular flexibility index (Phi) is 4.12. The second-order valence-electron chi connectivity index (χ2n) is 3.50. The van der Waals surface area contributed by atoms with Crippen LogP contribution in [0.15, 0.2) is 30.3 Å². The molecule has 0 spiro atoms. The predicted molar refractivity (Wildman–Crippen MR) is 56.8 cm³/mol. The first-order valence-corrected chi connectivity index (χ1v) is 4.81. The zero-order valence-corrected chi connectivity index (χ0v) is 8.55. The molecule has 1 amide bonds. The fourth-order valence-electron chi connectivity index (χ4n) is 1.32. The summed E-state index contributed by atoms with van der Waals surface area (Å²) in [5.74, 6) is 0. The molecule has 0 saturated heterocycles. The number of aliphatic hydroxyl groups excluding tert-OH is 1. The summed E-state index contributed by atoms with van der Waals surface area (Å²) in [7, 11) is 0. The molecule has 4 heteroatoms. The van der Waals surface area contributed by atoms with E-state index >= 15 is 0 Å². The molecule has 0 bridgehead atoms. The third-order valence-electron chi connectivity index (χ3n) is 2.22. The lowest BCUT2D eigenvalue weighted by molar-refractivity contribution is 0.126. The van der Waals surface area contributed by atoms with Crippen molar-refractivity contribution in [1.29, 1.82) is 0 Å². The highest BCUT2D eigenvalue weighted by atomic mass is 16.4. The quantitative estimate of drug-likeness (QED) is 0.699. The lowest BCUT2D eigenvalue weighted by atomic mass is 10.0. The van der Waals surface area contributed by atoms with E-state index in [1.165, 1.54) is 0 Å². The third kappa shape index (κ3) is 3.99. The van der Waals surface area contributed by atoms with Crippen molar-refractivity contribution in [2.24, 2.45) is 0 Å². The van der Waals surface area contributed by atoms with Crippen molar-refractivity contribution in [3.05, 3.63) is 35.9 Å². The van der Waals surface area contributed by atoms with Gasteiger partial charge in [-0.3, -0.25) is 0 Å². The Balaban J connectivity index is 2.48. The zero-order valence-electron chi connectivity index (χ0n) is 8.55. The average molecular weight is 209 g/mol. The monoisotopic (exact) mass is 209 g/mol. The topological polar surface area (TPSA) is 69.6 Å². The third-order valence-corrected chi connectivity index (χ3v) is 2.22. The molecular formula is C11H15NO3. The average Bonchev–Trinajstić information content (AvgIpc) is 2.18. The summed E-state index contributed by atoms with van der Waals surface area (Å²) in [6, 6.07) is 9.00. The summed E-state index contributed by atoms with van der Waals surface area (Å²) >= 11 is 0. The standard InChI is InChI=1S/C11H15NO3/c1-8(12-11(14)15)10(13)7-9-5-3-2-4-6-9/h2-6,8,10,12-13H,7H2,1H3,(H,14,15)/t8-,10-/m0/s1. The number of carbonyl (C=O) groups is 1. The summed E-state index contributed by atoms with van der Waals surface area (Å²) in [6.45, 7) is 1.64. The lowest BCUT2D eigenvalue weighted by Gasteiger charge is -2.18. The van der Waals surface area contributed by atoms with Crippen LogP contribution >= 0.6 is 0 Å². The predicted octanol–water partition coefficient (Wildman–Crippen LogP) is 1.25. The van der Waals surface area contributed by atoms with Gasteiger partial charge in [0.05, 0.1) is 12.1 Å². The fourth-order valence-corrected chi connectivity index (χ4v) is 1.32. The van der Waals surface area contributed by atoms with Gasteiger partial charge in [0.1, 0.15) is 0 Å². The van der Waals surface area contributed by atoms with Gasteiger partial charge in [-0.05, 0) is 12.5 Å². The van der Waals surface area contributed by atoms with E-state index < -0.39 is 18.2 Å². The first kappa shape index (κ1) is 11.5. The largest absolute Gasteiger partial charge is 0.465 e. The molecule has 1 aromatic carbocycles. The SMILES string of the molecule is C[C@H](NC(=O)O)[C@@H](O)Cc1ccccc1. The number of hydrogen-bond donors (Lipinski definition) is 3. The summed E-state index contributed by atoms with van der Waals surface area (Å²) in [4.78, 5) is 10.3. The molecule has 0 unspecified atom stereocenters. The fraction of sp³-hybridized carbons (Fsp3) is 0.364. The zero-order chi connectivity index (χ0) is 11.3. The van der Waals surface area contributed by atoms with Crippen LogP contribution in [0, 0.1) is 0 Å². The van der Waals surface area contributed by atoms with E-state index in [4.69, 9.17) is 5.11 Å². The Hall–Kier alpha value is -1.55. The molecule has 1 aromatic rings. The number of carboxylic acid groups (broad SMARTS) is 1. The highest BCUT2D eigenvalue weighted by Gasteiger charge is 2.16. The molecule has 0 radical (unpaired) electrons. The number of nitrogens with one attached hydrogen (secondary N) is 1. The molecule has 82 valence electrons. The van der Waals surface area contributed by atoms with E-state index in [0.717, 1.165) is 5.56 Å². The maximum Gasteiger partial charge on any atom is 0.404 e. The first-order chi connectivity index (χ1) is 7.09. The maximum atomic E-state index is 10.3. The van der Waals surface area contributed by atoms with Crippen molar-refractivity contribution in [3.8, 4) is 0 Å². The van der Waals surface area contributed by atoms with Crippen LogP contribution in [0.3, 0.4) is 0 Å². The van der Waals surface area contributed by atoms with E-state index in [2.05, 4.69) is 5.32 Å². The summed E-state index contributed by atoms with van der Waals surface area (Å²) in [5.41, 5.74) is 0.990. The van der Waals surface area contributed by atoms with E-state index in [1.54, 1.807) is 6.92 Å². The molecule has 0 heterocycles. The second kappa shape index (κ2) is 5.36. The van der Waals surface area contributed by atoms with Crippen molar-refractivity contribution in [3.63, 3.8) is 0 Å². The van der Waals surface area contributed by atoms with Gasteiger partial charge in [0.25, 0.3) is 0 Å². The molecule has 0 aromatic heterocycles. The van der Waals surface area contributed by atoms with Gasteiger partial charge < -0.3 is 15.5 Å². The summed E-state index contributed by atoms with van der Waals surface area (Å²) < 4.78 is 0. The van der Waals surface area contributed by atoms with E-state index in [0.29, 0.717) is 6.42 Å². The number of aliphatic hydroxyl groups is 1. The molecule has 0 aliphatic rings. The van der Waals surface area contributed by atoms with Crippen molar-refractivity contribution in [2.75, 3.05) is 0 Å². The Morgan fingerprint density at radius 3 is 2.53 bits per heavy atom. The lowest BCUT2D eigenvalue weighted by Crippen LogP contribution is -2.41. The first-order valence-electron chi connectivity index (χ1n) is 4.81. The van der Waals surface area contributed by atoms with Crippen LogP contribution < -0.4 is 5.32 Å². The molecule has 0 saturated carbocycles. The van der Waals surface area contributed by atoms with Crippen molar-refractivity contribution in [1.82, 2.24) is 5.32 Å². The van der Waals surface area contributed by atoms with E-state index in [9.17, 15) is 9.90 Å². The van der Waals surface area contributed by atoms with Gasteiger partial charge in [-0.25, -0.2) is 4.79 Å². The van der Waals surface area contributed by atoms with Gasteiger partial charge in [0.15, 0.2) is 0 Å². The number of hydrogen-bond acceptors (Lipinski definition) is 2. The van der Waals surface area contributed by atoms with Gasteiger partial charge in [-0.1, -0.05) is 30.3 Å². The van der Waals surface area contributed by atoms with Crippen LogP contribution in [-0.4, -0.2) is 28.5 Å². The molecule has 15 heavy (non-hydrogen) atoms. The summed E-state index contributed by atoms with van der Waals surface area (Å²) in [5, 5.41) is 20.4. The molecular weight excluding hydrogens is 194 g/mol. The minimum Gasteiger partial charge on any atom is -0.465 e. The molecule has 0 aliphatic carbocycles. The molecule has 1 rings (SSSR count). The van der Waals surface area contributed by atoms with Crippen molar-refractivity contribution < 1.29 is 15.0 Å². The van der Waals surface area contributed by atoms with Crippen LogP contribution in [0.2, 0.25) is 0 Å².